The molecule has 0 fully saturated rings. The zero-order valence-corrected chi connectivity index (χ0v) is 16.7. The van der Waals surface area contributed by atoms with Gasteiger partial charge in [-0.05, 0) is 66.8 Å². The number of hydrogen-bond donors (Lipinski definition) is 0. The molecule has 0 amide bonds. The lowest BCUT2D eigenvalue weighted by molar-refractivity contribution is 0.398. The van der Waals surface area contributed by atoms with Crippen molar-refractivity contribution in [3.63, 3.8) is 0 Å². The first kappa shape index (κ1) is 20.0. The summed E-state index contributed by atoms with van der Waals surface area (Å²) in [5, 5.41) is 0.0874. The van der Waals surface area contributed by atoms with Crippen molar-refractivity contribution in [2.24, 2.45) is 5.92 Å². The van der Waals surface area contributed by atoms with Gasteiger partial charge in [0.25, 0.3) is 0 Å². The molecule has 3 aromatic rings. The van der Waals surface area contributed by atoms with Gasteiger partial charge >= 0.3 is 0 Å². The molecule has 0 aromatic heterocycles. The van der Waals surface area contributed by atoms with Gasteiger partial charge in [-0.3, -0.25) is 0 Å². The normalized spacial score (nSPS) is 14.0. The molecular weight excluding hydrogens is 371 g/mol. The molecule has 0 heterocycles. The minimum absolute atomic E-state index is 0.0874. The van der Waals surface area contributed by atoms with Crippen LogP contribution in [0.4, 0.5) is 4.39 Å². The summed E-state index contributed by atoms with van der Waals surface area (Å²) in [6, 6.07) is 22.4. The third-order valence-corrected chi connectivity index (χ3v) is 5.51. The lowest BCUT2D eigenvalue weighted by Crippen LogP contribution is -2.30. The molecule has 0 spiro atoms. The summed E-state index contributed by atoms with van der Waals surface area (Å²) < 4.78 is 19.5. The van der Waals surface area contributed by atoms with E-state index in [1.807, 2.05) is 55.5 Å². The van der Waals surface area contributed by atoms with E-state index in [1.54, 1.807) is 12.1 Å². The Balaban J connectivity index is 1.81. The third kappa shape index (κ3) is 4.38. The summed E-state index contributed by atoms with van der Waals surface area (Å²) >= 11 is 5.98. The van der Waals surface area contributed by atoms with Crippen molar-refractivity contribution < 1.29 is 9.13 Å². The standard InChI is InChI=1S/C25H22ClFO/c1-4-25(3,20-13-14-24(27)23(26)17-20)18(2)15-19-9-8-12-22(16-19)28-21-10-6-5-7-11-21/h1,5-14,16-18H,15H2,2-3H3. The Morgan fingerprint density at radius 1 is 1.04 bits per heavy atom. The van der Waals surface area contributed by atoms with E-state index in [2.05, 4.69) is 18.9 Å². The topological polar surface area (TPSA) is 9.23 Å². The third-order valence-electron chi connectivity index (χ3n) is 5.22. The van der Waals surface area contributed by atoms with Gasteiger partial charge < -0.3 is 4.74 Å². The lowest BCUT2D eigenvalue weighted by Gasteiger charge is -2.32. The van der Waals surface area contributed by atoms with Crippen LogP contribution in [0.2, 0.25) is 5.02 Å². The van der Waals surface area contributed by atoms with E-state index in [1.165, 1.54) is 6.07 Å². The average molecular weight is 393 g/mol. The molecule has 0 aliphatic rings. The van der Waals surface area contributed by atoms with Crippen molar-refractivity contribution in [1.29, 1.82) is 0 Å². The summed E-state index contributed by atoms with van der Waals surface area (Å²) in [5.74, 6) is 4.14. The second-order valence-electron chi connectivity index (χ2n) is 7.14. The van der Waals surface area contributed by atoms with E-state index < -0.39 is 11.2 Å². The number of halogens is 2. The van der Waals surface area contributed by atoms with Gasteiger partial charge in [-0.1, -0.05) is 60.8 Å². The lowest BCUT2D eigenvalue weighted by atomic mass is 9.71. The number of hydrogen-bond acceptors (Lipinski definition) is 1. The first-order chi connectivity index (χ1) is 13.4. The van der Waals surface area contributed by atoms with Crippen LogP contribution in [0.15, 0.2) is 72.8 Å². The van der Waals surface area contributed by atoms with Crippen LogP contribution in [0.3, 0.4) is 0 Å². The van der Waals surface area contributed by atoms with Crippen molar-refractivity contribution in [2.75, 3.05) is 0 Å². The van der Waals surface area contributed by atoms with Crippen LogP contribution < -0.4 is 4.74 Å². The Kier molecular flexibility index (Phi) is 6.07. The number of para-hydroxylation sites is 1. The molecule has 0 N–H and O–H groups in total. The maximum Gasteiger partial charge on any atom is 0.141 e. The van der Waals surface area contributed by atoms with Crippen molar-refractivity contribution in [1.82, 2.24) is 0 Å². The average Bonchev–Trinajstić information content (AvgIpc) is 2.70. The van der Waals surface area contributed by atoms with Crippen molar-refractivity contribution in [3.8, 4) is 23.8 Å². The molecule has 3 rings (SSSR count). The molecule has 1 nitrogen and oxygen atoms in total. The largest absolute Gasteiger partial charge is 0.457 e. The molecular formula is C25H22ClFO. The van der Waals surface area contributed by atoms with E-state index in [0.717, 1.165) is 29.0 Å². The number of benzene rings is 3. The molecule has 28 heavy (non-hydrogen) atoms. The van der Waals surface area contributed by atoms with E-state index in [-0.39, 0.29) is 10.9 Å². The Bertz CT molecular complexity index is 993. The van der Waals surface area contributed by atoms with Crippen LogP contribution >= 0.6 is 11.6 Å². The van der Waals surface area contributed by atoms with Gasteiger partial charge in [0.15, 0.2) is 0 Å². The first-order valence-electron chi connectivity index (χ1n) is 9.17. The van der Waals surface area contributed by atoms with Crippen LogP contribution in [0.1, 0.15) is 25.0 Å². The van der Waals surface area contributed by atoms with Crippen LogP contribution in [0.5, 0.6) is 11.5 Å². The molecule has 0 bridgehead atoms. The zero-order valence-electron chi connectivity index (χ0n) is 16.0. The van der Waals surface area contributed by atoms with E-state index in [9.17, 15) is 4.39 Å². The molecule has 0 saturated heterocycles. The highest BCUT2D eigenvalue weighted by Crippen LogP contribution is 2.36. The van der Waals surface area contributed by atoms with E-state index >= 15 is 0 Å². The molecule has 0 aliphatic heterocycles. The molecule has 0 aliphatic carbocycles. The van der Waals surface area contributed by atoms with Gasteiger partial charge in [0, 0.05) is 0 Å². The Hall–Kier alpha value is -2.76. The van der Waals surface area contributed by atoms with Crippen LogP contribution in [0.25, 0.3) is 0 Å². The Morgan fingerprint density at radius 2 is 1.75 bits per heavy atom. The number of rotatable bonds is 6. The highest BCUT2D eigenvalue weighted by atomic mass is 35.5. The van der Waals surface area contributed by atoms with Gasteiger partial charge in [-0.25, -0.2) is 4.39 Å². The number of terminal acetylenes is 1. The monoisotopic (exact) mass is 392 g/mol. The van der Waals surface area contributed by atoms with Crippen LogP contribution in [-0.4, -0.2) is 0 Å². The fourth-order valence-electron chi connectivity index (χ4n) is 3.25. The molecule has 3 heteroatoms. The predicted molar refractivity (Wildman–Crippen MR) is 113 cm³/mol. The number of ether oxygens (including phenoxy) is 1. The van der Waals surface area contributed by atoms with E-state index in [0.29, 0.717) is 0 Å². The SMILES string of the molecule is C#CC(C)(c1ccc(F)c(Cl)c1)C(C)Cc1cccc(Oc2ccccc2)c1. The fraction of sp³-hybridized carbons (Fsp3) is 0.200. The van der Waals surface area contributed by atoms with Gasteiger partial charge in [-0.15, -0.1) is 6.42 Å². The minimum atomic E-state index is -0.576. The van der Waals surface area contributed by atoms with Crippen molar-refractivity contribution in [3.05, 3.63) is 94.8 Å². The molecule has 2 unspecified atom stereocenters. The second kappa shape index (κ2) is 8.50. The highest BCUT2D eigenvalue weighted by Gasteiger charge is 2.31. The maximum atomic E-state index is 13.6. The van der Waals surface area contributed by atoms with Gasteiger partial charge in [-0.2, -0.15) is 0 Å². The zero-order chi connectivity index (χ0) is 20.1. The van der Waals surface area contributed by atoms with Crippen LogP contribution in [-0.2, 0) is 11.8 Å². The summed E-state index contributed by atoms with van der Waals surface area (Å²) in [5.41, 5.74) is 1.38. The molecule has 0 saturated carbocycles. The quantitative estimate of drug-likeness (QED) is 0.409. The molecule has 142 valence electrons. The summed E-state index contributed by atoms with van der Waals surface area (Å²) in [7, 11) is 0. The molecule has 0 radical (unpaired) electrons. The van der Waals surface area contributed by atoms with Gasteiger partial charge in [0.1, 0.15) is 17.3 Å². The second-order valence-corrected chi connectivity index (χ2v) is 7.55. The fourth-order valence-corrected chi connectivity index (χ4v) is 3.43. The van der Waals surface area contributed by atoms with Crippen LogP contribution in [0, 0.1) is 24.1 Å². The smallest absolute Gasteiger partial charge is 0.141 e. The predicted octanol–water partition coefficient (Wildman–Crippen LogP) is 7.04. The summed E-state index contributed by atoms with van der Waals surface area (Å²) in [6.45, 7) is 4.09. The minimum Gasteiger partial charge on any atom is -0.457 e. The maximum absolute atomic E-state index is 13.6. The van der Waals surface area contributed by atoms with Gasteiger partial charge in [0.05, 0.1) is 10.4 Å². The van der Waals surface area contributed by atoms with Crippen molar-refractivity contribution in [2.45, 2.75) is 25.7 Å². The highest BCUT2D eigenvalue weighted by molar-refractivity contribution is 6.30. The summed E-state index contributed by atoms with van der Waals surface area (Å²) in [6.07, 6.45) is 6.65. The van der Waals surface area contributed by atoms with E-state index in [4.69, 9.17) is 22.8 Å². The van der Waals surface area contributed by atoms with Crippen molar-refractivity contribution >= 4 is 11.6 Å². The van der Waals surface area contributed by atoms with Gasteiger partial charge in [0.2, 0.25) is 0 Å². The summed E-state index contributed by atoms with van der Waals surface area (Å²) in [4.78, 5) is 0. The Morgan fingerprint density at radius 3 is 2.43 bits per heavy atom. The first-order valence-corrected chi connectivity index (χ1v) is 9.55. The molecule has 2 atom stereocenters. The Labute approximate surface area is 171 Å². The molecule has 3 aromatic carbocycles.